The van der Waals surface area contributed by atoms with Crippen LogP contribution in [0.2, 0.25) is 4.09 Å². The Balaban J connectivity index is 2.80. The van der Waals surface area contributed by atoms with Gasteiger partial charge in [0.15, 0.2) is 0 Å². The van der Waals surface area contributed by atoms with Crippen molar-refractivity contribution < 1.29 is 14.3 Å². The molecular formula is C6H7LiO3S. The van der Waals surface area contributed by atoms with Gasteiger partial charge in [0.2, 0.25) is 0 Å². The van der Waals surface area contributed by atoms with Crippen LogP contribution in [0.5, 0.6) is 0 Å². The number of carbonyl (C=O) groups excluding carboxylic acids is 2. The first-order valence-electron chi connectivity index (χ1n) is 3.31. The van der Waals surface area contributed by atoms with E-state index in [0.717, 1.165) is 0 Å². The molecule has 0 aromatic rings. The third-order valence-corrected chi connectivity index (χ3v) is 3.12. The van der Waals surface area contributed by atoms with Crippen LogP contribution in [0, 0.1) is 0 Å². The second-order valence-electron chi connectivity index (χ2n) is 2.74. The molecule has 0 aromatic carbocycles. The summed E-state index contributed by atoms with van der Waals surface area (Å²) in [7, 11) is 1.31. The van der Waals surface area contributed by atoms with Crippen molar-refractivity contribution in [2.24, 2.45) is 0 Å². The Bertz CT molecular complexity index is 206. The van der Waals surface area contributed by atoms with Crippen molar-refractivity contribution in [3.05, 3.63) is 0 Å². The molecule has 1 heterocycles. The summed E-state index contributed by atoms with van der Waals surface area (Å²) < 4.78 is 3.66. The number of esters is 1. The Morgan fingerprint density at radius 3 is 2.82 bits per heavy atom. The minimum absolute atomic E-state index is 0.0191. The molecule has 0 aromatic heterocycles. The fourth-order valence-corrected chi connectivity index (χ4v) is 2.28. The van der Waals surface area contributed by atoms with Crippen LogP contribution in [-0.4, -0.2) is 48.1 Å². The molecule has 0 spiro atoms. The molecule has 56 valence electrons. The first-order chi connectivity index (χ1) is 5.11. The van der Waals surface area contributed by atoms with Gasteiger partial charge in [-0.15, -0.1) is 0 Å². The van der Waals surface area contributed by atoms with Gasteiger partial charge in [-0.05, 0) is 0 Å². The number of Topliss-reactive ketones (excluding diaryl/α,β-unsaturated/α-hetero) is 1. The molecular weight excluding hydrogens is 159 g/mol. The Morgan fingerprint density at radius 1 is 1.82 bits per heavy atom. The Kier molecular flexibility index (Phi) is 2.69. The maximum absolute atomic E-state index is 11.2. The number of hydrogen-bond acceptors (Lipinski definition) is 4. The van der Waals surface area contributed by atoms with Crippen molar-refractivity contribution in [3.63, 3.8) is 0 Å². The molecule has 11 heavy (non-hydrogen) atoms. The predicted molar refractivity (Wildman–Crippen MR) is 42.8 cm³/mol. The van der Waals surface area contributed by atoms with E-state index in [9.17, 15) is 9.59 Å². The van der Waals surface area contributed by atoms with Crippen LogP contribution in [0.25, 0.3) is 0 Å². The van der Waals surface area contributed by atoms with E-state index in [-0.39, 0.29) is 5.78 Å². The number of hydrogen-bond donors (Lipinski definition) is 0. The number of thioether (sulfide) groups is 1. The zero-order valence-electron chi connectivity index (χ0n) is 6.55. The summed E-state index contributed by atoms with van der Waals surface area (Å²) >= 11 is 3.12. The molecule has 1 rings (SSSR count). The van der Waals surface area contributed by atoms with Gasteiger partial charge in [0.25, 0.3) is 0 Å². The summed E-state index contributed by atoms with van der Waals surface area (Å²) in [6, 6.07) is 0. The summed E-state index contributed by atoms with van der Waals surface area (Å²) in [6.45, 7) is 0. The van der Waals surface area contributed by atoms with Gasteiger partial charge in [-0.3, -0.25) is 0 Å². The molecule has 3 nitrogen and oxygen atoms in total. The van der Waals surface area contributed by atoms with Gasteiger partial charge in [0, 0.05) is 0 Å². The average molecular weight is 166 g/mol. The fraction of sp³-hybridized carbons (Fsp3) is 0.667. The Hall–Kier alpha value is 0.0874. The number of carbonyl (C=O) groups is 2. The molecule has 0 radical (unpaired) electrons. The van der Waals surface area contributed by atoms with Gasteiger partial charge in [-0.2, -0.15) is 0 Å². The van der Waals surface area contributed by atoms with E-state index in [4.69, 9.17) is 0 Å². The fourth-order valence-electron chi connectivity index (χ4n) is 0.986. The minimum atomic E-state index is -0.876. The molecule has 1 aliphatic rings. The predicted octanol–water partition coefficient (Wildman–Crippen LogP) is -0.198. The van der Waals surface area contributed by atoms with Crippen molar-refractivity contribution in [3.8, 4) is 0 Å². The quantitative estimate of drug-likeness (QED) is 0.307. The SMILES string of the molecule is [Li][C]1(C(=O)OC)CSCC1=O. The van der Waals surface area contributed by atoms with Crippen molar-refractivity contribution in [2.45, 2.75) is 4.09 Å². The molecule has 5 heteroatoms. The van der Waals surface area contributed by atoms with Crippen molar-refractivity contribution in [1.29, 1.82) is 0 Å². The molecule has 1 atom stereocenters. The normalized spacial score (nSPS) is 30.6. The number of ether oxygens (including phenoxy) is 1. The Morgan fingerprint density at radius 2 is 2.45 bits per heavy atom. The molecule has 0 saturated carbocycles. The van der Waals surface area contributed by atoms with Crippen molar-refractivity contribution in [1.82, 2.24) is 0 Å². The standard InChI is InChI=1S/C6H7O3S.Li/c1-9-6(8)4-2-10-3-5(4)7;/h2-3H2,1H3;. The van der Waals surface area contributed by atoms with Gasteiger partial charge in [0.05, 0.1) is 0 Å². The summed E-state index contributed by atoms with van der Waals surface area (Å²) in [5.41, 5.74) is 0. The summed E-state index contributed by atoms with van der Waals surface area (Å²) in [5.74, 6) is 0.561. The van der Waals surface area contributed by atoms with Crippen molar-refractivity contribution in [2.75, 3.05) is 18.6 Å². The topological polar surface area (TPSA) is 43.4 Å². The molecule has 1 saturated heterocycles. The molecule has 1 aliphatic heterocycles. The molecule has 0 N–H and O–H groups in total. The first-order valence-corrected chi connectivity index (χ1v) is 4.46. The van der Waals surface area contributed by atoms with E-state index < -0.39 is 10.1 Å². The number of ketones is 1. The number of rotatable bonds is 1. The van der Waals surface area contributed by atoms with Crippen LogP contribution in [0.1, 0.15) is 0 Å². The van der Waals surface area contributed by atoms with Gasteiger partial charge in [-0.1, -0.05) is 0 Å². The summed E-state index contributed by atoms with van der Waals surface area (Å²) in [4.78, 5) is 22.3. The Labute approximate surface area is 78.4 Å². The van der Waals surface area contributed by atoms with Crippen LogP contribution >= 0.6 is 11.8 Å². The monoisotopic (exact) mass is 166 g/mol. The van der Waals surface area contributed by atoms with Gasteiger partial charge >= 0.3 is 78.3 Å². The van der Waals surface area contributed by atoms with Gasteiger partial charge in [0.1, 0.15) is 0 Å². The van der Waals surface area contributed by atoms with Crippen LogP contribution in [0.15, 0.2) is 0 Å². The third-order valence-electron chi connectivity index (χ3n) is 1.88. The molecule has 1 unspecified atom stereocenters. The van der Waals surface area contributed by atoms with E-state index in [1.165, 1.54) is 18.9 Å². The molecule has 1 fully saturated rings. The third kappa shape index (κ3) is 1.48. The molecule has 0 aliphatic carbocycles. The van der Waals surface area contributed by atoms with E-state index in [1.54, 1.807) is 17.7 Å². The number of methoxy groups -OCH3 is 1. The van der Waals surface area contributed by atoms with E-state index in [0.29, 0.717) is 11.5 Å². The molecule has 0 bridgehead atoms. The van der Waals surface area contributed by atoms with E-state index in [1.807, 2.05) is 0 Å². The molecule has 0 amide bonds. The van der Waals surface area contributed by atoms with E-state index >= 15 is 0 Å². The van der Waals surface area contributed by atoms with Crippen LogP contribution in [-0.2, 0) is 14.3 Å². The van der Waals surface area contributed by atoms with Gasteiger partial charge in [-0.25, -0.2) is 0 Å². The van der Waals surface area contributed by atoms with Crippen molar-refractivity contribution >= 4 is 41.2 Å². The zero-order chi connectivity index (χ0) is 8.48. The average Bonchev–Trinajstić information content (AvgIpc) is 2.32. The second kappa shape index (κ2) is 3.22. The summed E-state index contributed by atoms with van der Waals surface area (Å²) in [5, 5.41) is 0. The van der Waals surface area contributed by atoms with Crippen LogP contribution in [0.4, 0.5) is 0 Å². The summed E-state index contributed by atoms with van der Waals surface area (Å²) in [6.07, 6.45) is 0. The van der Waals surface area contributed by atoms with E-state index in [2.05, 4.69) is 4.74 Å². The second-order valence-corrected chi connectivity index (χ2v) is 3.73. The maximum atomic E-state index is 11.2. The van der Waals surface area contributed by atoms with Gasteiger partial charge < -0.3 is 0 Å². The zero-order valence-corrected chi connectivity index (χ0v) is 7.36. The van der Waals surface area contributed by atoms with Crippen LogP contribution < -0.4 is 0 Å². The first kappa shape index (κ1) is 9.18. The van der Waals surface area contributed by atoms with Crippen LogP contribution in [0.3, 0.4) is 0 Å².